The van der Waals surface area contributed by atoms with E-state index in [0.29, 0.717) is 6.42 Å². The minimum Gasteiger partial charge on any atom is -0.212 e. The predicted octanol–water partition coefficient (Wildman–Crippen LogP) is 2.27. The van der Waals surface area contributed by atoms with Crippen molar-refractivity contribution in [3.63, 3.8) is 0 Å². The monoisotopic (exact) mass is 258 g/mol. The van der Waals surface area contributed by atoms with Crippen molar-refractivity contribution >= 4 is 10.0 Å². The van der Waals surface area contributed by atoms with Gasteiger partial charge in [-0.1, -0.05) is 32.6 Å². The first kappa shape index (κ1) is 14.5. The Kier molecular flexibility index (Phi) is 5.93. The van der Waals surface area contributed by atoms with E-state index in [1.54, 1.807) is 0 Å². The van der Waals surface area contributed by atoms with Gasteiger partial charge in [0.25, 0.3) is 0 Å². The quantitative estimate of drug-likeness (QED) is 0.561. The molecule has 4 nitrogen and oxygen atoms in total. The molecule has 0 unspecified atom stereocenters. The molecule has 1 aliphatic rings. The van der Waals surface area contributed by atoms with Gasteiger partial charge in [-0.25, -0.2) is 8.42 Å². The summed E-state index contributed by atoms with van der Waals surface area (Å²) in [5.41, 5.74) is 0. The maximum atomic E-state index is 12.1. The van der Waals surface area contributed by atoms with Gasteiger partial charge >= 0.3 is 0 Å². The minimum absolute atomic E-state index is 0.00694. The second kappa shape index (κ2) is 6.97. The van der Waals surface area contributed by atoms with Gasteiger partial charge in [0.2, 0.25) is 10.0 Å². The zero-order chi connectivity index (χ0) is 12.7. The van der Waals surface area contributed by atoms with Gasteiger partial charge in [-0.15, -0.1) is 0 Å². The summed E-state index contributed by atoms with van der Waals surface area (Å²) in [6.07, 6.45) is 6.95. The highest BCUT2D eigenvalue weighted by atomic mass is 32.2. The summed E-state index contributed by atoms with van der Waals surface area (Å²) in [6, 6.07) is 2.05. The fraction of sp³-hybridized carbons (Fsp3) is 0.917. The van der Waals surface area contributed by atoms with Crippen LogP contribution in [-0.4, -0.2) is 31.1 Å². The summed E-state index contributed by atoms with van der Waals surface area (Å²) < 4.78 is 25.7. The van der Waals surface area contributed by atoms with Crippen LogP contribution in [0.3, 0.4) is 0 Å². The Morgan fingerprint density at radius 2 is 1.82 bits per heavy atom. The SMILES string of the molecule is CCCS(=O)(=O)N(CC#N)C1CCCCCC1. The second-order valence-electron chi connectivity index (χ2n) is 4.66. The van der Waals surface area contributed by atoms with E-state index >= 15 is 0 Å². The van der Waals surface area contributed by atoms with Crippen LogP contribution in [0.1, 0.15) is 51.9 Å². The number of hydrogen-bond donors (Lipinski definition) is 0. The summed E-state index contributed by atoms with van der Waals surface area (Å²) in [5.74, 6) is 0.158. The van der Waals surface area contributed by atoms with E-state index in [1.165, 1.54) is 17.1 Å². The number of nitriles is 1. The first-order valence-corrected chi connectivity index (χ1v) is 8.09. The lowest BCUT2D eigenvalue weighted by molar-refractivity contribution is 0.316. The molecule has 0 aromatic rings. The van der Waals surface area contributed by atoms with Crippen molar-refractivity contribution in [1.82, 2.24) is 4.31 Å². The van der Waals surface area contributed by atoms with Crippen LogP contribution in [0.4, 0.5) is 0 Å². The molecular formula is C12H22N2O2S. The minimum atomic E-state index is -3.24. The molecule has 98 valence electrons. The highest BCUT2D eigenvalue weighted by molar-refractivity contribution is 7.89. The molecule has 0 radical (unpaired) electrons. The van der Waals surface area contributed by atoms with E-state index in [-0.39, 0.29) is 18.3 Å². The second-order valence-corrected chi connectivity index (χ2v) is 6.71. The van der Waals surface area contributed by atoms with Crippen molar-refractivity contribution in [3.8, 4) is 6.07 Å². The lowest BCUT2D eigenvalue weighted by Gasteiger charge is -2.27. The summed E-state index contributed by atoms with van der Waals surface area (Å²) in [4.78, 5) is 0. The topological polar surface area (TPSA) is 61.2 Å². The largest absolute Gasteiger partial charge is 0.215 e. The lowest BCUT2D eigenvalue weighted by Crippen LogP contribution is -2.41. The summed E-state index contributed by atoms with van der Waals surface area (Å²) >= 11 is 0. The van der Waals surface area contributed by atoms with Crippen molar-refractivity contribution in [1.29, 1.82) is 5.26 Å². The maximum Gasteiger partial charge on any atom is 0.215 e. The Balaban J connectivity index is 2.80. The molecule has 5 heteroatoms. The number of sulfonamides is 1. The van der Waals surface area contributed by atoms with Crippen LogP contribution in [0, 0.1) is 11.3 Å². The first-order chi connectivity index (χ1) is 8.11. The normalized spacial score (nSPS) is 18.9. The van der Waals surface area contributed by atoms with Crippen molar-refractivity contribution in [2.75, 3.05) is 12.3 Å². The van der Waals surface area contributed by atoms with Crippen molar-refractivity contribution in [3.05, 3.63) is 0 Å². The van der Waals surface area contributed by atoms with E-state index < -0.39 is 10.0 Å². The molecule has 0 amide bonds. The molecule has 0 aliphatic heterocycles. The van der Waals surface area contributed by atoms with Crippen molar-refractivity contribution in [2.24, 2.45) is 0 Å². The van der Waals surface area contributed by atoms with Crippen LogP contribution in [0.2, 0.25) is 0 Å². The van der Waals surface area contributed by atoms with Gasteiger partial charge < -0.3 is 0 Å². The molecule has 0 atom stereocenters. The van der Waals surface area contributed by atoms with E-state index in [2.05, 4.69) is 0 Å². The van der Waals surface area contributed by atoms with Crippen LogP contribution >= 0.6 is 0 Å². The third-order valence-electron chi connectivity index (χ3n) is 3.28. The summed E-state index contributed by atoms with van der Waals surface area (Å²) in [6.45, 7) is 1.86. The van der Waals surface area contributed by atoms with Gasteiger partial charge in [0.1, 0.15) is 6.54 Å². The molecule has 1 rings (SSSR count). The highest BCUT2D eigenvalue weighted by Crippen LogP contribution is 2.24. The van der Waals surface area contributed by atoms with Gasteiger partial charge in [-0.3, -0.25) is 0 Å². The maximum absolute atomic E-state index is 12.1. The molecule has 0 aromatic carbocycles. The molecule has 0 heterocycles. The van der Waals surface area contributed by atoms with E-state index in [0.717, 1.165) is 25.7 Å². The van der Waals surface area contributed by atoms with E-state index in [1.807, 2.05) is 13.0 Å². The Morgan fingerprint density at radius 3 is 2.29 bits per heavy atom. The van der Waals surface area contributed by atoms with E-state index in [9.17, 15) is 8.42 Å². The molecule has 0 spiro atoms. The molecule has 0 N–H and O–H groups in total. The molecular weight excluding hydrogens is 236 g/mol. The Labute approximate surface area is 105 Å². The molecule has 0 bridgehead atoms. The Morgan fingerprint density at radius 1 is 1.24 bits per heavy atom. The molecule has 1 fully saturated rings. The van der Waals surface area contributed by atoms with Crippen LogP contribution in [0.5, 0.6) is 0 Å². The molecule has 1 aliphatic carbocycles. The smallest absolute Gasteiger partial charge is 0.212 e. The van der Waals surface area contributed by atoms with Crippen molar-refractivity contribution in [2.45, 2.75) is 57.9 Å². The Hall–Kier alpha value is -0.600. The summed E-state index contributed by atoms with van der Waals surface area (Å²) in [5, 5.41) is 8.81. The Bertz CT molecular complexity index is 351. The lowest BCUT2D eigenvalue weighted by atomic mass is 10.1. The molecule has 0 aromatic heterocycles. The molecule has 1 saturated carbocycles. The fourth-order valence-corrected chi connectivity index (χ4v) is 4.12. The van der Waals surface area contributed by atoms with Crippen LogP contribution in [0.15, 0.2) is 0 Å². The molecule has 17 heavy (non-hydrogen) atoms. The molecule has 0 saturated heterocycles. The van der Waals surface area contributed by atoms with Crippen LogP contribution in [-0.2, 0) is 10.0 Å². The number of nitrogens with zero attached hydrogens (tertiary/aromatic N) is 2. The van der Waals surface area contributed by atoms with Gasteiger partial charge in [-0.05, 0) is 19.3 Å². The van der Waals surface area contributed by atoms with Crippen LogP contribution < -0.4 is 0 Å². The van der Waals surface area contributed by atoms with Crippen molar-refractivity contribution < 1.29 is 8.42 Å². The third-order valence-corrected chi connectivity index (χ3v) is 5.34. The average molecular weight is 258 g/mol. The zero-order valence-electron chi connectivity index (χ0n) is 10.6. The third kappa shape index (κ3) is 4.29. The highest BCUT2D eigenvalue weighted by Gasteiger charge is 2.29. The van der Waals surface area contributed by atoms with Gasteiger partial charge in [-0.2, -0.15) is 9.57 Å². The van der Waals surface area contributed by atoms with Gasteiger partial charge in [0, 0.05) is 6.04 Å². The van der Waals surface area contributed by atoms with Crippen LogP contribution in [0.25, 0.3) is 0 Å². The predicted molar refractivity (Wildman–Crippen MR) is 67.9 cm³/mol. The average Bonchev–Trinajstić information content (AvgIpc) is 2.54. The summed E-state index contributed by atoms with van der Waals surface area (Å²) in [7, 11) is -3.24. The first-order valence-electron chi connectivity index (χ1n) is 6.48. The fourth-order valence-electron chi connectivity index (χ4n) is 2.45. The van der Waals surface area contributed by atoms with Gasteiger partial charge in [0.15, 0.2) is 0 Å². The number of rotatable bonds is 5. The number of hydrogen-bond acceptors (Lipinski definition) is 3. The van der Waals surface area contributed by atoms with E-state index in [4.69, 9.17) is 5.26 Å². The van der Waals surface area contributed by atoms with Gasteiger partial charge in [0.05, 0.1) is 11.8 Å². The zero-order valence-corrected chi connectivity index (χ0v) is 11.4. The standard InChI is InChI=1S/C12H22N2O2S/c1-2-11-17(15,16)14(10-9-13)12-7-5-3-4-6-8-12/h12H,2-8,10-11H2,1H3.